The second kappa shape index (κ2) is 8.13. The van der Waals surface area contributed by atoms with Crippen LogP contribution < -0.4 is 22.9 Å². The summed E-state index contributed by atoms with van der Waals surface area (Å²) in [5.74, 6) is -1.63. The lowest BCUT2D eigenvalue weighted by Crippen LogP contribution is -2.49. The highest BCUT2D eigenvalue weighted by atomic mass is 16.6. The van der Waals surface area contributed by atoms with Crippen LogP contribution in [-0.2, 0) is 14.3 Å². The van der Waals surface area contributed by atoms with Crippen molar-refractivity contribution < 1.29 is 14.3 Å². The molecule has 100 valence electrons. The quantitative estimate of drug-likeness (QED) is 0.305. The molecule has 0 bridgehead atoms. The van der Waals surface area contributed by atoms with Crippen molar-refractivity contribution in [3.63, 3.8) is 0 Å². The molecule has 0 aliphatic carbocycles. The number of esters is 2. The summed E-state index contributed by atoms with van der Waals surface area (Å²) in [5, 5.41) is 0. The van der Waals surface area contributed by atoms with Crippen LogP contribution in [0, 0.1) is 0 Å². The molecular weight excluding hydrogens is 224 g/mol. The molecule has 2 unspecified atom stereocenters. The summed E-state index contributed by atoms with van der Waals surface area (Å²) < 4.78 is 4.55. The highest BCUT2D eigenvalue weighted by molar-refractivity contribution is 5.91. The minimum Gasteiger partial charge on any atom is -0.391 e. The molecule has 17 heavy (non-hydrogen) atoms. The fraction of sp³-hybridized carbons (Fsp3) is 0.800. The van der Waals surface area contributed by atoms with Crippen LogP contribution in [0.4, 0.5) is 0 Å². The summed E-state index contributed by atoms with van der Waals surface area (Å²) in [7, 11) is 0. The molecule has 0 heterocycles. The summed E-state index contributed by atoms with van der Waals surface area (Å²) in [6.07, 6.45) is 1.48. The van der Waals surface area contributed by atoms with Crippen molar-refractivity contribution >= 4 is 11.9 Å². The maximum atomic E-state index is 11.4. The van der Waals surface area contributed by atoms with E-state index in [0.717, 1.165) is 0 Å². The van der Waals surface area contributed by atoms with Crippen molar-refractivity contribution in [1.82, 2.24) is 0 Å². The van der Waals surface area contributed by atoms with E-state index in [1.54, 1.807) is 6.92 Å². The molecule has 3 atom stereocenters. The number of ether oxygens (including phenoxy) is 1. The van der Waals surface area contributed by atoms with Gasteiger partial charge in [0, 0.05) is 6.04 Å². The Hall–Kier alpha value is -1.02. The normalized spacial score (nSPS) is 16.1. The largest absolute Gasteiger partial charge is 0.391 e. The van der Waals surface area contributed by atoms with Crippen molar-refractivity contribution in [2.24, 2.45) is 22.9 Å². The van der Waals surface area contributed by atoms with Gasteiger partial charge in [0.2, 0.25) is 0 Å². The number of nitrogens with two attached hydrogens (primary N) is 4. The predicted molar refractivity (Wildman–Crippen MR) is 63.6 cm³/mol. The van der Waals surface area contributed by atoms with Crippen molar-refractivity contribution in [3.8, 4) is 0 Å². The lowest BCUT2D eigenvalue weighted by Gasteiger charge is -2.17. The van der Waals surface area contributed by atoms with Crippen LogP contribution >= 0.6 is 0 Å². The molecule has 0 aromatic heterocycles. The second-order valence-corrected chi connectivity index (χ2v) is 3.88. The Morgan fingerprint density at radius 1 is 1.18 bits per heavy atom. The molecule has 7 nitrogen and oxygen atoms in total. The maximum absolute atomic E-state index is 11.4. The number of hydrogen-bond donors (Lipinski definition) is 4. The van der Waals surface area contributed by atoms with Gasteiger partial charge in [0.25, 0.3) is 0 Å². The Bertz CT molecular complexity index is 260. The molecule has 0 fully saturated rings. The molecule has 0 aromatic rings. The average Bonchev–Trinajstić information content (AvgIpc) is 2.33. The van der Waals surface area contributed by atoms with E-state index in [0.29, 0.717) is 25.8 Å². The first-order valence-corrected chi connectivity index (χ1v) is 5.66. The van der Waals surface area contributed by atoms with Gasteiger partial charge in [-0.15, -0.1) is 0 Å². The van der Waals surface area contributed by atoms with Gasteiger partial charge in [0.05, 0.1) is 0 Å². The number of carbonyl (C=O) groups is 2. The highest BCUT2D eigenvalue weighted by Crippen LogP contribution is 2.00. The van der Waals surface area contributed by atoms with E-state index in [-0.39, 0.29) is 0 Å². The Balaban J connectivity index is 4.15. The van der Waals surface area contributed by atoms with Gasteiger partial charge in [-0.1, -0.05) is 6.92 Å². The third-order valence-electron chi connectivity index (χ3n) is 2.43. The van der Waals surface area contributed by atoms with E-state index in [2.05, 4.69) is 4.74 Å². The average molecular weight is 246 g/mol. The Morgan fingerprint density at radius 3 is 2.24 bits per heavy atom. The lowest BCUT2D eigenvalue weighted by atomic mass is 10.1. The van der Waals surface area contributed by atoms with Crippen LogP contribution in [-0.4, -0.2) is 36.6 Å². The summed E-state index contributed by atoms with van der Waals surface area (Å²) in [4.78, 5) is 22.8. The third-order valence-corrected chi connectivity index (χ3v) is 2.43. The first kappa shape index (κ1) is 16.0. The zero-order valence-electron chi connectivity index (χ0n) is 10.1. The van der Waals surface area contributed by atoms with Gasteiger partial charge in [-0.05, 0) is 25.8 Å². The zero-order valence-corrected chi connectivity index (χ0v) is 10.1. The van der Waals surface area contributed by atoms with E-state index in [1.807, 2.05) is 0 Å². The van der Waals surface area contributed by atoms with Gasteiger partial charge in [0.15, 0.2) is 0 Å². The molecule has 0 aliphatic heterocycles. The fourth-order valence-electron chi connectivity index (χ4n) is 1.13. The van der Waals surface area contributed by atoms with E-state index in [1.165, 1.54) is 0 Å². The monoisotopic (exact) mass is 246 g/mol. The van der Waals surface area contributed by atoms with E-state index >= 15 is 0 Å². The first-order valence-electron chi connectivity index (χ1n) is 5.66. The SMILES string of the molecule is CCC(N)C(N)C(=O)OC(=O)[C@H](N)CCCN. The van der Waals surface area contributed by atoms with Crippen LogP contribution in [0.1, 0.15) is 26.2 Å². The smallest absolute Gasteiger partial charge is 0.332 e. The van der Waals surface area contributed by atoms with Gasteiger partial charge < -0.3 is 27.7 Å². The number of rotatable bonds is 7. The molecule has 0 rings (SSSR count). The summed E-state index contributed by atoms with van der Waals surface area (Å²) in [6, 6.07) is -2.39. The van der Waals surface area contributed by atoms with Gasteiger partial charge >= 0.3 is 11.9 Å². The Kier molecular flexibility index (Phi) is 7.64. The van der Waals surface area contributed by atoms with E-state index in [9.17, 15) is 9.59 Å². The third kappa shape index (κ3) is 5.73. The Morgan fingerprint density at radius 2 is 1.76 bits per heavy atom. The minimum absolute atomic E-state index is 0.373. The van der Waals surface area contributed by atoms with E-state index in [4.69, 9.17) is 22.9 Å². The first-order chi connectivity index (χ1) is 7.93. The molecule has 0 saturated heterocycles. The topological polar surface area (TPSA) is 147 Å². The van der Waals surface area contributed by atoms with Gasteiger partial charge in [0.1, 0.15) is 12.1 Å². The molecule has 0 radical (unpaired) electrons. The number of hydrogen-bond acceptors (Lipinski definition) is 7. The van der Waals surface area contributed by atoms with Crippen LogP contribution in [0.2, 0.25) is 0 Å². The Labute approximate surface area is 101 Å². The van der Waals surface area contributed by atoms with Crippen LogP contribution in [0.15, 0.2) is 0 Å². The van der Waals surface area contributed by atoms with Crippen LogP contribution in [0.5, 0.6) is 0 Å². The van der Waals surface area contributed by atoms with Crippen LogP contribution in [0.25, 0.3) is 0 Å². The zero-order chi connectivity index (χ0) is 13.4. The summed E-state index contributed by atoms with van der Waals surface area (Å²) in [5.41, 5.74) is 21.9. The van der Waals surface area contributed by atoms with Crippen molar-refractivity contribution in [2.75, 3.05) is 6.54 Å². The van der Waals surface area contributed by atoms with Crippen molar-refractivity contribution in [3.05, 3.63) is 0 Å². The molecule has 0 amide bonds. The van der Waals surface area contributed by atoms with Gasteiger partial charge in [-0.3, -0.25) is 0 Å². The van der Waals surface area contributed by atoms with E-state index < -0.39 is 30.1 Å². The van der Waals surface area contributed by atoms with Crippen LogP contribution in [0.3, 0.4) is 0 Å². The van der Waals surface area contributed by atoms with Gasteiger partial charge in [-0.2, -0.15) is 0 Å². The lowest BCUT2D eigenvalue weighted by molar-refractivity contribution is -0.162. The summed E-state index contributed by atoms with van der Waals surface area (Å²) >= 11 is 0. The maximum Gasteiger partial charge on any atom is 0.332 e. The van der Waals surface area contributed by atoms with Crippen molar-refractivity contribution in [1.29, 1.82) is 0 Å². The summed E-state index contributed by atoms with van der Waals surface area (Å²) in [6.45, 7) is 2.21. The molecule has 0 spiro atoms. The number of carbonyl (C=O) groups excluding carboxylic acids is 2. The predicted octanol–water partition coefficient (Wildman–Crippen LogP) is -1.81. The molecule has 8 N–H and O–H groups in total. The highest BCUT2D eigenvalue weighted by Gasteiger charge is 2.26. The standard InChI is InChI=1S/C10H22N4O3/c1-2-6(12)8(14)10(16)17-9(15)7(13)4-3-5-11/h6-8H,2-5,11-14H2,1H3/t6?,7-,8?/m1/s1. The van der Waals surface area contributed by atoms with Crippen molar-refractivity contribution in [2.45, 2.75) is 44.3 Å². The second-order valence-electron chi connectivity index (χ2n) is 3.88. The van der Waals surface area contributed by atoms with Gasteiger partial charge in [-0.25, -0.2) is 9.59 Å². The molecule has 0 saturated carbocycles. The molecule has 0 aromatic carbocycles. The minimum atomic E-state index is -1.01. The molecule has 7 heteroatoms. The molecule has 0 aliphatic rings. The molecular formula is C10H22N4O3. The fourth-order valence-corrected chi connectivity index (χ4v) is 1.13.